The lowest BCUT2D eigenvalue weighted by molar-refractivity contribution is -0.384. The smallest absolute Gasteiger partial charge is 0.269 e. The maximum absolute atomic E-state index is 10.5. The van der Waals surface area contributed by atoms with Crippen molar-refractivity contribution in [1.82, 2.24) is 10.2 Å². The molecule has 0 amide bonds. The Morgan fingerprint density at radius 2 is 2.21 bits per heavy atom. The number of nitro benzene ring substituents is 1. The lowest BCUT2D eigenvalue weighted by atomic mass is 10.2. The van der Waals surface area contributed by atoms with Crippen LogP contribution >= 0.6 is 11.8 Å². The summed E-state index contributed by atoms with van der Waals surface area (Å²) in [6, 6.07) is 6.63. The minimum Gasteiger partial charge on any atom is -0.352 e. The number of aliphatic imine (C=N–C) groups is 1. The Hall–Kier alpha value is -1.60. The summed E-state index contributed by atoms with van der Waals surface area (Å²) in [4.78, 5) is 16.8. The second-order valence-corrected chi connectivity index (χ2v) is 5.10. The molecule has 1 N–H and O–H groups in total. The monoisotopic (exact) mass is 280 g/mol. The Labute approximate surface area is 116 Å². The summed E-state index contributed by atoms with van der Waals surface area (Å²) in [5.41, 5.74) is 1.18. The number of nitro groups is 1. The fraction of sp³-hybridized carbons (Fsp3) is 0.417. The first-order valence-electron chi connectivity index (χ1n) is 6.06. The highest BCUT2D eigenvalue weighted by Gasteiger charge is 2.10. The SMILES string of the molecule is CCN1CN=C(SCc2ccc([N+](=O)[O-])cc2)NC1. The molecule has 0 bridgehead atoms. The van der Waals surface area contributed by atoms with Crippen LogP contribution in [0.2, 0.25) is 0 Å². The molecule has 6 nitrogen and oxygen atoms in total. The molecule has 0 unspecified atom stereocenters. The zero-order chi connectivity index (χ0) is 13.7. The number of nitrogens with zero attached hydrogens (tertiary/aromatic N) is 3. The fourth-order valence-corrected chi connectivity index (χ4v) is 2.44. The van der Waals surface area contributed by atoms with Crippen LogP contribution in [-0.2, 0) is 5.75 Å². The van der Waals surface area contributed by atoms with Crippen LogP contribution in [0.15, 0.2) is 29.3 Å². The molecule has 102 valence electrons. The first-order chi connectivity index (χ1) is 9.19. The van der Waals surface area contributed by atoms with Crippen molar-refractivity contribution >= 4 is 22.6 Å². The number of thioether (sulfide) groups is 1. The number of hydrogen-bond donors (Lipinski definition) is 1. The highest BCUT2D eigenvalue weighted by molar-refractivity contribution is 8.13. The van der Waals surface area contributed by atoms with Crippen molar-refractivity contribution in [3.63, 3.8) is 0 Å². The zero-order valence-electron chi connectivity index (χ0n) is 10.7. The molecule has 0 fully saturated rings. The van der Waals surface area contributed by atoms with Crippen molar-refractivity contribution in [2.24, 2.45) is 4.99 Å². The Morgan fingerprint density at radius 3 is 2.74 bits per heavy atom. The topological polar surface area (TPSA) is 70.8 Å². The Morgan fingerprint density at radius 1 is 1.47 bits per heavy atom. The van der Waals surface area contributed by atoms with Gasteiger partial charge < -0.3 is 5.32 Å². The van der Waals surface area contributed by atoms with Crippen LogP contribution in [0.3, 0.4) is 0 Å². The van der Waals surface area contributed by atoms with Gasteiger partial charge in [0.05, 0.1) is 18.3 Å². The van der Waals surface area contributed by atoms with E-state index in [4.69, 9.17) is 0 Å². The van der Waals surface area contributed by atoms with Crippen LogP contribution in [0, 0.1) is 10.1 Å². The lowest BCUT2D eigenvalue weighted by Crippen LogP contribution is -2.41. The van der Waals surface area contributed by atoms with E-state index in [0.717, 1.165) is 36.4 Å². The van der Waals surface area contributed by atoms with E-state index in [1.165, 1.54) is 12.1 Å². The normalized spacial score (nSPS) is 15.7. The van der Waals surface area contributed by atoms with E-state index in [1.54, 1.807) is 23.9 Å². The molecule has 1 aromatic carbocycles. The van der Waals surface area contributed by atoms with Crippen molar-refractivity contribution < 1.29 is 4.92 Å². The van der Waals surface area contributed by atoms with Gasteiger partial charge in [-0.15, -0.1) is 0 Å². The van der Waals surface area contributed by atoms with Gasteiger partial charge in [0.2, 0.25) is 0 Å². The number of amidine groups is 1. The van der Waals surface area contributed by atoms with Crippen molar-refractivity contribution in [2.75, 3.05) is 19.9 Å². The molecule has 19 heavy (non-hydrogen) atoms. The molecule has 1 aliphatic rings. The number of non-ortho nitro benzene ring substituents is 1. The molecule has 1 aromatic rings. The number of rotatable bonds is 4. The van der Waals surface area contributed by atoms with E-state index in [9.17, 15) is 10.1 Å². The van der Waals surface area contributed by atoms with E-state index in [1.807, 2.05) is 0 Å². The van der Waals surface area contributed by atoms with Crippen LogP contribution in [0.1, 0.15) is 12.5 Å². The molecule has 1 aliphatic heterocycles. The van der Waals surface area contributed by atoms with E-state index in [2.05, 4.69) is 22.1 Å². The lowest BCUT2D eigenvalue weighted by Gasteiger charge is -2.24. The van der Waals surface area contributed by atoms with Crippen LogP contribution in [0.5, 0.6) is 0 Å². The standard InChI is InChI=1S/C12H16N4O2S/c1-2-15-8-13-12(14-9-15)19-7-10-3-5-11(6-4-10)16(17)18/h3-6H,2,7-9H2,1H3,(H,13,14). The van der Waals surface area contributed by atoms with Gasteiger partial charge in [-0.25, -0.2) is 4.99 Å². The Bertz CT molecular complexity index is 475. The number of hydrogen-bond acceptors (Lipinski definition) is 6. The molecule has 0 saturated heterocycles. The summed E-state index contributed by atoms with van der Waals surface area (Å²) < 4.78 is 0. The molecule has 0 spiro atoms. The summed E-state index contributed by atoms with van der Waals surface area (Å²) in [6.07, 6.45) is 0. The molecular weight excluding hydrogens is 264 g/mol. The minimum absolute atomic E-state index is 0.125. The Balaban J connectivity index is 1.85. The zero-order valence-corrected chi connectivity index (χ0v) is 11.5. The van der Waals surface area contributed by atoms with Crippen LogP contribution in [-0.4, -0.2) is 34.9 Å². The van der Waals surface area contributed by atoms with E-state index in [0.29, 0.717) is 0 Å². The third kappa shape index (κ3) is 3.93. The van der Waals surface area contributed by atoms with Crippen molar-refractivity contribution in [3.05, 3.63) is 39.9 Å². The van der Waals surface area contributed by atoms with E-state index in [-0.39, 0.29) is 10.6 Å². The average Bonchev–Trinajstić information content (AvgIpc) is 2.46. The number of nitrogens with one attached hydrogen (secondary N) is 1. The van der Waals surface area contributed by atoms with Crippen molar-refractivity contribution in [1.29, 1.82) is 0 Å². The van der Waals surface area contributed by atoms with Crippen molar-refractivity contribution in [2.45, 2.75) is 12.7 Å². The van der Waals surface area contributed by atoms with Gasteiger partial charge in [0.1, 0.15) is 0 Å². The molecule has 0 radical (unpaired) electrons. The van der Waals surface area contributed by atoms with Gasteiger partial charge in [-0.1, -0.05) is 30.8 Å². The third-order valence-corrected chi connectivity index (χ3v) is 3.86. The summed E-state index contributed by atoms with van der Waals surface area (Å²) >= 11 is 1.62. The van der Waals surface area contributed by atoms with Crippen LogP contribution in [0.4, 0.5) is 5.69 Å². The predicted octanol–water partition coefficient (Wildman–Crippen LogP) is 2.02. The molecule has 7 heteroatoms. The van der Waals surface area contributed by atoms with Crippen molar-refractivity contribution in [3.8, 4) is 0 Å². The van der Waals surface area contributed by atoms with Gasteiger partial charge >= 0.3 is 0 Å². The molecule has 1 heterocycles. The Kier molecular flexibility index (Phi) is 4.75. The van der Waals surface area contributed by atoms with Gasteiger partial charge in [-0.05, 0) is 12.1 Å². The summed E-state index contributed by atoms with van der Waals surface area (Å²) in [7, 11) is 0. The third-order valence-electron chi connectivity index (χ3n) is 2.84. The second-order valence-electron chi connectivity index (χ2n) is 4.14. The molecule has 0 aromatic heterocycles. The first kappa shape index (κ1) is 13.8. The van der Waals surface area contributed by atoms with Gasteiger partial charge in [0.15, 0.2) is 5.17 Å². The average molecular weight is 280 g/mol. The van der Waals surface area contributed by atoms with E-state index < -0.39 is 0 Å². The molecular formula is C12H16N4O2S. The second kappa shape index (κ2) is 6.53. The quantitative estimate of drug-likeness (QED) is 0.675. The van der Waals surface area contributed by atoms with E-state index >= 15 is 0 Å². The summed E-state index contributed by atoms with van der Waals surface area (Å²) in [6.45, 7) is 4.64. The molecule has 0 atom stereocenters. The van der Waals surface area contributed by atoms with Gasteiger partial charge in [-0.2, -0.15) is 0 Å². The van der Waals surface area contributed by atoms with Gasteiger partial charge in [0.25, 0.3) is 5.69 Å². The fourth-order valence-electron chi connectivity index (χ4n) is 1.62. The van der Waals surface area contributed by atoms with Gasteiger partial charge in [-0.3, -0.25) is 15.0 Å². The molecule has 0 saturated carbocycles. The molecule has 2 rings (SSSR count). The van der Waals surface area contributed by atoms with Crippen LogP contribution in [0.25, 0.3) is 0 Å². The summed E-state index contributed by atoms with van der Waals surface area (Å²) in [5.74, 6) is 0.760. The van der Waals surface area contributed by atoms with Gasteiger partial charge in [0, 0.05) is 17.9 Å². The first-order valence-corrected chi connectivity index (χ1v) is 7.04. The predicted molar refractivity (Wildman–Crippen MR) is 77.1 cm³/mol. The number of benzene rings is 1. The maximum Gasteiger partial charge on any atom is 0.269 e. The highest BCUT2D eigenvalue weighted by Crippen LogP contribution is 2.17. The van der Waals surface area contributed by atoms with Crippen LogP contribution < -0.4 is 5.32 Å². The largest absolute Gasteiger partial charge is 0.352 e. The molecule has 0 aliphatic carbocycles. The summed E-state index contributed by atoms with van der Waals surface area (Å²) in [5, 5.41) is 14.7. The minimum atomic E-state index is -0.386. The maximum atomic E-state index is 10.5. The highest BCUT2D eigenvalue weighted by atomic mass is 32.2.